The average molecular weight is 474 g/mol. The summed E-state index contributed by atoms with van der Waals surface area (Å²) in [6.07, 6.45) is 3.47. The summed E-state index contributed by atoms with van der Waals surface area (Å²) in [5.74, 6) is 0.332. The molecule has 0 spiro atoms. The molecule has 0 unspecified atom stereocenters. The Kier molecular flexibility index (Phi) is 7.20. The standard InChI is InChI=1S/C17H20N6O.C6H9F2NO/c1-22-5-4-11-7-15(24-3)14(6-12(11)10-22)20-17-18-8-13-9-19-23(2)16(13)21-17;7-5(8)6(10)9-3-1-2-4-9/h6-9H,4-5,10H2,1-3H3,(H,18,20,21);5H,1-4H2. The number of ether oxygens (including phenoxy) is 1. The molecule has 9 nitrogen and oxygen atoms in total. The van der Waals surface area contributed by atoms with E-state index in [1.54, 1.807) is 24.2 Å². The number of likely N-dealkylation sites (tertiary alicyclic amines) is 1. The number of rotatable bonds is 4. The van der Waals surface area contributed by atoms with Crippen LogP contribution in [0.1, 0.15) is 24.0 Å². The summed E-state index contributed by atoms with van der Waals surface area (Å²) in [6, 6.07) is 4.26. The number of amides is 1. The van der Waals surface area contributed by atoms with Gasteiger partial charge in [0.15, 0.2) is 5.65 Å². The maximum absolute atomic E-state index is 11.7. The van der Waals surface area contributed by atoms with E-state index in [0.29, 0.717) is 19.0 Å². The third-order valence-corrected chi connectivity index (χ3v) is 6.05. The molecule has 1 saturated heterocycles. The van der Waals surface area contributed by atoms with Crippen LogP contribution in [0.15, 0.2) is 24.5 Å². The van der Waals surface area contributed by atoms with E-state index < -0.39 is 12.3 Å². The van der Waals surface area contributed by atoms with E-state index in [1.165, 1.54) is 16.0 Å². The second-order valence-corrected chi connectivity index (χ2v) is 8.51. The topological polar surface area (TPSA) is 88.4 Å². The molecule has 0 saturated carbocycles. The number of hydrogen-bond acceptors (Lipinski definition) is 7. The number of halogens is 2. The first-order valence-corrected chi connectivity index (χ1v) is 11.2. The van der Waals surface area contributed by atoms with E-state index in [2.05, 4.69) is 44.5 Å². The lowest BCUT2D eigenvalue weighted by molar-refractivity contribution is -0.141. The second kappa shape index (κ2) is 10.3. The second-order valence-electron chi connectivity index (χ2n) is 8.51. The number of hydrogen-bond donors (Lipinski definition) is 1. The Morgan fingerprint density at radius 1 is 1.12 bits per heavy atom. The molecular formula is C23H29F2N7O2. The van der Waals surface area contributed by atoms with Crippen LogP contribution in [-0.4, -0.2) is 75.7 Å². The van der Waals surface area contributed by atoms with Gasteiger partial charge in [-0.1, -0.05) is 0 Å². The number of nitrogens with zero attached hydrogens (tertiary/aromatic N) is 6. The summed E-state index contributed by atoms with van der Waals surface area (Å²) in [5.41, 5.74) is 4.34. The van der Waals surface area contributed by atoms with E-state index in [-0.39, 0.29) is 0 Å². The van der Waals surface area contributed by atoms with Crippen molar-refractivity contribution in [3.8, 4) is 5.75 Å². The number of nitrogens with one attached hydrogen (secondary N) is 1. The first kappa shape index (κ1) is 23.8. The minimum Gasteiger partial charge on any atom is -0.495 e. The number of methoxy groups -OCH3 is 1. The van der Waals surface area contributed by atoms with E-state index in [1.807, 2.05) is 7.05 Å². The fourth-order valence-electron chi connectivity index (χ4n) is 4.19. The van der Waals surface area contributed by atoms with Crippen LogP contribution < -0.4 is 10.1 Å². The van der Waals surface area contributed by atoms with Gasteiger partial charge in [0.2, 0.25) is 5.95 Å². The van der Waals surface area contributed by atoms with Gasteiger partial charge < -0.3 is 19.9 Å². The monoisotopic (exact) mass is 473 g/mol. The van der Waals surface area contributed by atoms with Gasteiger partial charge >= 0.3 is 6.43 Å². The van der Waals surface area contributed by atoms with Crippen molar-refractivity contribution in [1.82, 2.24) is 29.5 Å². The maximum Gasteiger partial charge on any atom is 0.315 e. The van der Waals surface area contributed by atoms with E-state index >= 15 is 0 Å². The van der Waals surface area contributed by atoms with Crippen molar-refractivity contribution in [2.45, 2.75) is 32.2 Å². The third-order valence-electron chi connectivity index (χ3n) is 6.05. The molecular weight excluding hydrogens is 444 g/mol. The largest absolute Gasteiger partial charge is 0.495 e. The summed E-state index contributed by atoms with van der Waals surface area (Å²) in [6.45, 7) is 3.02. The van der Waals surface area contributed by atoms with Gasteiger partial charge in [-0.3, -0.25) is 9.48 Å². The lowest BCUT2D eigenvalue weighted by Crippen LogP contribution is -2.32. The lowest BCUT2D eigenvalue weighted by atomic mass is 9.99. The summed E-state index contributed by atoms with van der Waals surface area (Å²) < 4.78 is 30.7. The molecule has 2 aromatic heterocycles. The van der Waals surface area contributed by atoms with Crippen molar-refractivity contribution in [3.05, 3.63) is 35.7 Å². The molecule has 1 N–H and O–H groups in total. The van der Waals surface area contributed by atoms with Crippen LogP contribution >= 0.6 is 0 Å². The minimum absolute atomic E-state index is 0.503. The summed E-state index contributed by atoms with van der Waals surface area (Å²) in [7, 11) is 5.70. The van der Waals surface area contributed by atoms with Gasteiger partial charge in [0.05, 0.1) is 24.4 Å². The van der Waals surface area contributed by atoms with Crippen LogP contribution in [0.5, 0.6) is 5.75 Å². The number of fused-ring (bicyclic) bond motifs is 2. The number of anilines is 2. The molecule has 2 aliphatic rings. The molecule has 182 valence electrons. The Morgan fingerprint density at radius 3 is 2.59 bits per heavy atom. The number of carbonyl (C=O) groups excluding carboxylic acids is 1. The van der Waals surface area contributed by atoms with Crippen molar-refractivity contribution in [3.63, 3.8) is 0 Å². The highest BCUT2D eigenvalue weighted by molar-refractivity contribution is 5.79. The van der Waals surface area contributed by atoms with Crippen molar-refractivity contribution in [2.24, 2.45) is 7.05 Å². The van der Waals surface area contributed by atoms with Crippen LogP contribution in [0.25, 0.3) is 11.0 Å². The average Bonchev–Trinajstić information content (AvgIpc) is 3.49. The Bertz CT molecular complexity index is 1160. The molecule has 34 heavy (non-hydrogen) atoms. The molecule has 1 amide bonds. The predicted molar refractivity (Wildman–Crippen MR) is 124 cm³/mol. The number of alkyl halides is 2. The van der Waals surface area contributed by atoms with Crippen molar-refractivity contribution in [2.75, 3.05) is 39.1 Å². The molecule has 5 rings (SSSR count). The quantitative estimate of drug-likeness (QED) is 0.623. The highest BCUT2D eigenvalue weighted by Crippen LogP contribution is 2.33. The van der Waals surface area contributed by atoms with Gasteiger partial charge in [-0.15, -0.1) is 0 Å². The number of benzene rings is 1. The van der Waals surface area contributed by atoms with Crippen LogP contribution in [0, 0.1) is 0 Å². The normalized spacial score (nSPS) is 15.8. The van der Waals surface area contributed by atoms with Gasteiger partial charge in [-0.05, 0) is 49.6 Å². The van der Waals surface area contributed by atoms with Crippen LogP contribution in [0.2, 0.25) is 0 Å². The van der Waals surface area contributed by atoms with Gasteiger partial charge in [-0.2, -0.15) is 18.9 Å². The molecule has 1 fully saturated rings. The van der Waals surface area contributed by atoms with E-state index in [0.717, 1.165) is 54.8 Å². The van der Waals surface area contributed by atoms with E-state index in [4.69, 9.17) is 4.74 Å². The SMILES string of the molecule is COc1cc2c(cc1Nc1ncc3cnn(C)c3n1)CN(C)CC2.O=C(C(F)F)N1CCCC1. The molecule has 0 aliphatic carbocycles. The third kappa shape index (κ3) is 5.24. The van der Waals surface area contributed by atoms with Crippen LogP contribution in [-0.2, 0) is 24.8 Å². The highest BCUT2D eigenvalue weighted by atomic mass is 19.3. The van der Waals surface area contributed by atoms with E-state index in [9.17, 15) is 13.6 Å². The number of aryl methyl sites for hydroxylation is 1. The zero-order valence-electron chi connectivity index (χ0n) is 19.6. The van der Waals surface area contributed by atoms with Crippen LogP contribution in [0.3, 0.4) is 0 Å². The molecule has 4 heterocycles. The molecule has 3 aromatic rings. The Labute approximate surface area is 196 Å². The Morgan fingerprint density at radius 2 is 1.88 bits per heavy atom. The molecule has 0 bridgehead atoms. The van der Waals surface area contributed by atoms with Gasteiger partial charge in [0.1, 0.15) is 5.75 Å². The minimum atomic E-state index is -2.82. The van der Waals surface area contributed by atoms with Crippen molar-refractivity contribution < 1.29 is 18.3 Å². The van der Waals surface area contributed by atoms with Crippen molar-refractivity contribution >= 4 is 28.6 Å². The Balaban J connectivity index is 0.000000231. The van der Waals surface area contributed by atoms with Gasteiger partial charge in [-0.25, -0.2) is 4.98 Å². The fraction of sp³-hybridized carbons (Fsp3) is 0.478. The fourth-order valence-corrected chi connectivity index (χ4v) is 4.19. The summed E-state index contributed by atoms with van der Waals surface area (Å²) in [5, 5.41) is 8.41. The first-order valence-electron chi connectivity index (χ1n) is 11.2. The molecule has 11 heteroatoms. The highest BCUT2D eigenvalue weighted by Gasteiger charge is 2.25. The molecule has 0 radical (unpaired) electrons. The predicted octanol–water partition coefficient (Wildman–Crippen LogP) is 2.98. The molecule has 1 aromatic carbocycles. The zero-order chi connectivity index (χ0) is 24.2. The summed E-state index contributed by atoms with van der Waals surface area (Å²) >= 11 is 0. The van der Waals surface area contributed by atoms with Crippen LogP contribution in [0.4, 0.5) is 20.4 Å². The maximum atomic E-state index is 11.7. The smallest absolute Gasteiger partial charge is 0.315 e. The number of carbonyl (C=O) groups is 1. The first-order chi connectivity index (χ1) is 16.4. The lowest BCUT2D eigenvalue weighted by Gasteiger charge is -2.26. The zero-order valence-corrected chi connectivity index (χ0v) is 19.6. The van der Waals surface area contributed by atoms with Gasteiger partial charge in [0.25, 0.3) is 5.91 Å². The van der Waals surface area contributed by atoms with Crippen molar-refractivity contribution in [1.29, 1.82) is 0 Å². The number of aromatic nitrogens is 4. The molecule has 0 atom stereocenters. The number of likely N-dealkylation sites (N-methyl/N-ethyl adjacent to an activating group) is 1. The van der Waals surface area contributed by atoms with Gasteiger partial charge in [0, 0.05) is 39.4 Å². The summed E-state index contributed by atoms with van der Waals surface area (Å²) in [4.78, 5) is 23.0. The Hall–Kier alpha value is -3.34. The molecule has 2 aliphatic heterocycles.